The fourth-order valence-electron chi connectivity index (χ4n) is 1.93. The van der Waals surface area contributed by atoms with Crippen molar-refractivity contribution in [2.24, 2.45) is 5.84 Å². The van der Waals surface area contributed by atoms with Gasteiger partial charge in [-0.05, 0) is 18.1 Å². The highest BCUT2D eigenvalue weighted by molar-refractivity contribution is 6.30. The molecule has 1 aromatic heterocycles. The molecule has 6 nitrogen and oxygen atoms in total. The van der Waals surface area contributed by atoms with Crippen LogP contribution in [0.3, 0.4) is 0 Å². The largest absolute Gasteiger partial charge is 0.347 e. The van der Waals surface area contributed by atoms with Gasteiger partial charge in [0.05, 0.1) is 23.7 Å². The molecule has 1 atom stereocenters. The molecule has 7 heteroatoms. The molecule has 110 valence electrons. The predicted molar refractivity (Wildman–Crippen MR) is 79.8 cm³/mol. The number of hydrogen-bond acceptors (Lipinski definition) is 4. The van der Waals surface area contributed by atoms with Crippen LogP contribution in [0.4, 0.5) is 0 Å². The first-order chi connectivity index (χ1) is 10.0. The molecule has 2 rings (SSSR count). The second-order valence-electron chi connectivity index (χ2n) is 4.65. The number of aromatic nitrogens is 2. The van der Waals surface area contributed by atoms with Gasteiger partial charge in [-0.15, -0.1) is 0 Å². The van der Waals surface area contributed by atoms with E-state index in [1.165, 1.54) is 17.0 Å². The van der Waals surface area contributed by atoms with E-state index in [0.29, 0.717) is 11.6 Å². The summed E-state index contributed by atoms with van der Waals surface area (Å²) in [5.41, 5.74) is 3.52. The lowest BCUT2D eigenvalue weighted by Gasteiger charge is -2.11. The van der Waals surface area contributed by atoms with Crippen molar-refractivity contribution >= 4 is 17.5 Å². The van der Waals surface area contributed by atoms with E-state index in [0.717, 1.165) is 11.1 Å². The van der Waals surface area contributed by atoms with Crippen LogP contribution in [0.25, 0.3) is 0 Å². The van der Waals surface area contributed by atoms with E-state index < -0.39 is 0 Å². The van der Waals surface area contributed by atoms with E-state index in [4.69, 9.17) is 17.4 Å². The SMILES string of the molecule is CC(C(=O)NN)c1ccc(Cn2cc(Cl)cnc2=O)cc1. The summed E-state index contributed by atoms with van der Waals surface area (Å²) < 4.78 is 1.42. The van der Waals surface area contributed by atoms with Gasteiger partial charge in [0.25, 0.3) is 0 Å². The minimum Gasteiger partial charge on any atom is -0.294 e. The van der Waals surface area contributed by atoms with Gasteiger partial charge in [0.1, 0.15) is 0 Å². The fourth-order valence-corrected chi connectivity index (χ4v) is 2.09. The van der Waals surface area contributed by atoms with Gasteiger partial charge in [0, 0.05) is 6.20 Å². The third-order valence-electron chi connectivity index (χ3n) is 3.19. The molecule has 0 aliphatic rings. The van der Waals surface area contributed by atoms with Crippen LogP contribution >= 0.6 is 11.6 Å². The van der Waals surface area contributed by atoms with E-state index >= 15 is 0 Å². The maximum atomic E-state index is 11.6. The molecule has 0 aliphatic carbocycles. The van der Waals surface area contributed by atoms with E-state index in [1.54, 1.807) is 6.92 Å². The van der Waals surface area contributed by atoms with E-state index in [2.05, 4.69) is 10.4 Å². The second-order valence-corrected chi connectivity index (χ2v) is 5.09. The van der Waals surface area contributed by atoms with Crippen molar-refractivity contribution < 1.29 is 4.79 Å². The van der Waals surface area contributed by atoms with E-state index in [1.807, 2.05) is 24.3 Å². The van der Waals surface area contributed by atoms with Crippen LogP contribution in [0.2, 0.25) is 5.02 Å². The molecule has 0 fully saturated rings. The summed E-state index contributed by atoms with van der Waals surface area (Å²) in [6.07, 6.45) is 2.85. The number of nitrogens with two attached hydrogens (primary N) is 1. The Bertz CT molecular complexity index is 697. The number of carbonyl (C=O) groups excluding carboxylic acids is 1. The quantitative estimate of drug-likeness (QED) is 0.502. The van der Waals surface area contributed by atoms with Crippen molar-refractivity contribution in [1.82, 2.24) is 15.0 Å². The minimum atomic E-state index is -0.362. The van der Waals surface area contributed by atoms with Crippen molar-refractivity contribution in [1.29, 1.82) is 0 Å². The molecule has 1 heterocycles. The molecule has 0 radical (unpaired) electrons. The van der Waals surface area contributed by atoms with Gasteiger partial charge in [0.15, 0.2) is 0 Å². The Morgan fingerprint density at radius 2 is 2.10 bits per heavy atom. The monoisotopic (exact) mass is 306 g/mol. The van der Waals surface area contributed by atoms with Gasteiger partial charge in [-0.2, -0.15) is 0 Å². The average molecular weight is 307 g/mol. The topological polar surface area (TPSA) is 90.0 Å². The van der Waals surface area contributed by atoms with Crippen LogP contribution in [0.5, 0.6) is 0 Å². The third-order valence-corrected chi connectivity index (χ3v) is 3.39. The maximum absolute atomic E-state index is 11.6. The number of nitrogens with zero attached hydrogens (tertiary/aromatic N) is 2. The average Bonchev–Trinajstić information content (AvgIpc) is 2.50. The van der Waals surface area contributed by atoms with Crippen molar-refractivity contribution in [3.63, 3.8) is 0 Å². The third kappa shape index (κ3) is 3.68. The fraction of sp³-hybridized carbons (Fsp3) is 0.214. The Labute approximate surface area is 126 Å². The highest BCUT2D eigenvalue weighted by Gasteiger charge is 2.13. The van der Waals surface area contributed by atoms with Gasteiger partial charge in [0.2, 0.25) is 5.91 Å². The van der Waals surface area contributed by atoms with Gasteiger partial charge < -0.3 is 0 Å². The zero-order chi connectivity index (χ0) is 15.4. The van der Waals surface area contributed by atoms with Crippen LogP contribution in [0, 0.1) is 0 Å². The van der Waals surface area contributed by atoms with Crippen molar-refractivity contribution in [2.75, 3.05) is 0 Å². The van der Waals surface area contributed by atoms with Gasteiger partial charge in [-0.1, -0.05) is 35.9 Å². The highest BCUT2D eigenvalue weighted by Crippen LogP contribution is 2.16. The summed E-state index contributed by atoms with van der Waals surface area (Å²) >= 11 is 5.82. The Morgan fingerprint density at radius 1 is 1.43 bits per heavy atom. The zero-order valence-corrected chi connectivity index (χ0v) is 12.2. The van der Waals surface area contributed by atoms with E-state index in [-0.39, 0.29) is 17.5 Å². The summed E-state index contributed by atoms with van der Waals surface area (Å²) in [5.74, 6) is 4.53. The van der Waals surface area contributed by atoms with Crippen molar-refractivity contribution in [3.05, 3.63) is 63.3 Å². The molecular formula is C14H15ClN4O2. The van der Waals surface area contributed by atoms with Crippen LogP contribution in [-0.2, 0) is 11.3 Å². The number of rotatable bonds is 4. The number of nitrogens with one attached hydrogen (secondary N) is 1. The second kappa shape index (κ2) is 6.51. The van der Waals surface area contributed by atoms with Crippen LogP contribution in [-0.4, -0.2) is 15.5 Å². The molecule has 1 aromatic carbocycles. The zero-order valence-electron chi connectivity index (χ0n) is 11.4. The molecule has 3 N–H and O–H groups in total. The van der Waals surface area contributed by atoms with Crippen LogP contribution in [0.1, 0.15) is 24.0 Å². The standard InChI is InChI=1S/C14H15ClN4O2/c1-9(13(20)18-16)11-4-2-10(3-5-11)7-19-8-12(15)6-17-14(19)21/h2-6,8-9H,7,16H2,1H3,(H,18,20). The van der Waals surface area contributed by atoms with Gasteiger partial charge in [-0.3, -0.25) is 14.8 Å². The maximum Gasteiger partial charge on any atom is 0.347 e. The Kier molecular flexibility index (Phi) is 4.72. The summed E-state index contributed by atoms with van der Waals surface area (Å²) in [6, 6.07) is 7.36. The first-order valence-corrected chi connectivity index (χ1v) is 6.70. The molecule has 0 saturated heterocycles. The smallest absolute Gasteiger partial charge is 0.294 e. The summed E-state index contributed by atoms with van der Waals surface area (Å²) in [7, 11) is 0. The minimum absolute atomic E-state index is 0.252. The van der Waals surface area contributed by atoms with Gasteiger partial charge >= 0.3 is 5.69 Å². The van der Waals surface area contributed by atoms with Crippen molar-refractivity contribution in [3.8, 4) is 0 Å². The summed E-state index contributed by atoms with van der Waals surface area (Å²) in [5, 5.41) is 0.402. The van der Waals surface area contributed by atoms with Crippen LogP contribution in [0.15, 0.2) is 41.5 Å². The molecule has 0 saturated carbocycles. The number of halogens is 1. The predicted octanol–water partition coefficient (Wildman–Crippen LogP) is 1.04. The molecule has 0 aliphatic heterocycles. The number of amides is 1. The number of carbonyl (C=O) groups is 1. The lowest BCUT2D eigenvalue weighted by molar-refractivity contribution is -0.122. The normalized spacial score (nSPS) is 12.0. The first-order valence-electron chi connectivity index (χ1n) is 6.32. The Hall–Kier alpha value is -2.18. The van der Waals surface area contributed by atoms with E-state index in [9.17, 15) is 9.59 Å². The first kappa shape index (κ1) is 15.2. The lowest BCUT2D eigenvalue weighted by Crippen LogP contribution is -2.33. The number of benzene rings is 1. The van der Waals surface area contributed by atoms with Crippen LogP contribution < -0.4 is 17.0 Å². The Balaban J connectivity index is 2.18. The molecule has 1 amide bonds. The van der Waals surface area contributed by atoms with Gasteiger partial charge in [-0.25, -0.2) is 15.6 Å². The number of hydrogen-bond donors (Lipinski definition) is 2. The highest BCUT2D eigenvalue weighted by atomic mass is 35.5. The van der Waals surface area contributed by atoms with Crippen molar-refractivity contribution in [2.45, 2.75) is 19.4 Å². The summed E-state index contributed by atoms with van der Waals surface area (Å²) in [4.78, 5) is 26.7. The molecule has 0 spiro atoms. The lowest BCUT2D eigenvalue weighted by atomic mass is 9.99. The molecule has 0 bridgehead atoms. The molecular weight excluding hydrogens is 292 g/mol. The Morgan fingerprint density at radius 3 is 2.71 bits per heavy atom. The summed E-state index contributed by atoms with van der Waals surface area (Å²) in [6.45, 7) is 2.13. The molecule has 21 heavy (non-hydrogen) atoms. The molecule has 2 aromatic rings. The molecule has 1 unspecified atom stereocenters. The number of hydrazine groups is 1.